The van der Waals surface area contributed by atoms with Crippen LogP contribution in [0.25, 0.3) is 10.8 Å². The molecule has 13 nitrogen and oxygen atoms in total. The van der Waals surface area contributed by atoms with Gasteiger partial charge in [-0.2, -0.15) is 13.2 Å². The number of aromatic nitrogens is 1. The number of amides is 2. The Hall–Kier alpha value is -4.48. The van der Waals surface area contributed by atoms with Crippen LogP contribution in [0.15, 0.2) is 36.5 Å². The number of carbonyl (C=O) groups excluding carboxylic acids is 4. The van der Waals surface area contributed by atoms with Gasteiger partial charge in [-0.15, -0.1) is 0 Å². The summed E-state index contributed by atoms with van der Waals surface area (Å²) in [6, 6.07) is 3.96. The maximum absolute atomic E-state index is 15.0. The number of fused-ring (bicyclic) bond motifs is 5. The molecule has 1 aromatic carbocycles. The first-order valence-electron chi connectivity index (χ1n) is 21.0. The Bertz CT molecular complexity index is 2190. The van der Waals surface area contributed by atoms with Gasteiger partial charge in [-0.1, -0.05) is 32.4 Å². The Morgan fingerprint density at radius 3 is 2.49 bits per heavy atom. The smallest absolute Gasteiger partial charge is 0.427 e. The molecule has 1 N–H and O–H groups in total. The fraction of sp³-hybridized carbons (Fsp3) is 0.651. The molecule has 4 heterocycles. The minimum absolute atomic E-state index is 0.0184. The Morgan fingerprint density at radius 1 is 1.07 bits per heavy atom. The number of sulfonamides is 1. The van der Waals surface area contributed by atoms with Crippen molar-refractivity contribution in [2.24, 2.45) is 29.1 Å². The standard InChI is InChI=1S/C43H53F4N3O10S/c1-5-26-18-25(2)8-6-7-9-27-21-42(27,39(54)49-61(55,56)41(24-44)13-14-41)22-33(51)32-19-28(23-50(32)38(53)31(26)20-35(52)60-40(3,4)43(45,46)47)59-37-30-10-11-34-36(58-17-16-57-34)29(30)12-15-48-37/h7,9-12,15,25-28,31-32H,5-6,8,13-14,16-24H2,1-4H3,(H,49,54)/b9-7-/t25-,26+,27+,28+,31-,32-,42+/m0/s1. The molecular formula is C43H53F4N3O10S. The summed E-state index contributed by atoms with van der Waals surface area (Å²) in [4.78, 5) is 62.9. The van der Waals surface area contributed by atoms with Crippen molar-refractivity contribution >= 4 is 44.4 Å². The molecule has 1 aromatic heterocycles. The second kappa shape index (κ2) is 16.7. The molecule has 3 fully saturated rings. The first kappa shape index (κ1) is 44.6. The van der Waals surface area contributed by atoms with E-state index in [4.69, 9.17) is 18.9 Å². The van der Waals surface area contributed by atoms with Gasteiger partial charge in [0.25, 0.3) is 0 Å². The highest BCUT2D eigenvalue weighted by molar-refractivity contribution is 7.91. The number of hydrogen-bond donors (Lipinski definition) is 1. The van der Waals surface area contributed by atoms with E-state index < -0.39 is 105 Å². The number of Topliss-reactive ketones (excluding diaryl/α,β-unsaturated/α-hetero) is 1. The lowest BCUT2D eigenvalue weighted by molar-refractivity contribution is -0.257. The van der Waals surface area contributed by atoms with Crippen LogP contribution in [0.4, 0.5) is 17.6 Å². The summed E-state index contributed by atoms with van der Waals surface area (Å²) >= 11 is 0. The third-order valence-corrected chi connectivity index (χ3v) is 15.4. The zero-order valence-corrected chi connectivity index (χ0v) is 35.5. The van der Waals surface area contributed by atoms with Crippen molar-refractivity contribution in [2.75, 3.05) is 26.4 Å². The van der Waals surface area contributed by atoms with Crippen molar-refractivity contribution in [3.63, 3.8) is 0 Å². The maximum Gasteiger partial charge on any atom is 0.427 e. The van der Waals surface area contributed by atoms with Crippen molar-refractivity contribution < 1.29 is 64.1 Å². The number of pyridine rings is 1. The lowest BCUT2D eigenvalue weighted by Crippen LogP contribution is -2.49. The van der Waals surface area contributed by atoms with Gasteiger partial charge in [-0.05, 0) is 88.3 Å². The van der Waals surface area contributed by atoms with E-state index in [9.17, 15) is 40.4 Å². The zero-order valence-electron chi connectivity index (χ0n) is 34.7. The monoisotopic (exact) mass is 879 g/mol. The first-order valence-corrected chi connectivity index (χ1v) is 22.5. The number of benzene rings is 1. The molecule has 1 saturated heterocycles. The van der Waals surface area contributed by atoms with Gasteiger partial charge >= 0.3 is 12.1 Å². The van der Waals surface area contributed by atoms with Crippen molar-refractivity contribution in [1.29, 1.82) is 0 Å². The highest BCUT2D eigenvalue weighted by atomic mass is 32.2. The molecular weight excluding hydrogens is 827 g/mol. The van der Waals surface area contributed by atoms with E-state index in [2.05, 4.69) is 9.71 Å². The van der Waals surface area contributed by atoms with Crippen LogP contribution in [0.1, 0.15) is 91.9 Å². The number of ether oxygens (including phenoxy) is 4. The van der Waals surface area contributed by atoms with E-state index in [0.717, 1.165) is 13.8 Å². The van der Waals surface area contributed by atoms with Crippen LogP contribution < -0.4 is 18.9 Å². The van der Waals surface area contributed by atoms with Gasteiger partial charge in [0.15, 0.2) is 17.3 Å². The number of esters is 1. The van der Waals surface area contributed by atoms with Crippen LogP contribution in [0, 0.1) is 29.1 Å². The predicted octanol–water partition coefficient (Wildman–Crippen LogP) is 6.56. The van der Waals surface area contributed by atoms with E-state index in [1.807, 2.05) is 19.9 Å². The summed E-state index contributed by atoms with van der Waals surface area (Å²) in [5, 5.41) is 1.21. The van der Waals surface area contributed by atoms with E-state index in [1.165, 1.54) is 11.1 Å². The quantitative estimate of drug-likeness (QED) is 0.156. The summed E-state index contributed by atoms with van der Waals surface area (Å²) in [5.41, 5.74) is -4.35. The van der Waals surface area contributed by atoms with E-state index >= 15 is 4.79 Å². The molecule has 7 rings (SSSR count). The van der Waals surface area contributed by atoms with Gasteiger partial charge in [0.2, 0.25) is 33.3 Å². The van der Waals surface area contributed by atoms with Gasteiger partial charge < -0.3 is 23.8 Å². The van der Waals surface area contributed by atoms with Crippen LogP contribution in [0.3, 0.4) is 0 Å². The van der Waals surface area contributed by atoms with Crippen molar-refractivity contribution in [1.82, 2.24) is 14.6 Å². The van der Waals surface area contributed by atoms with Crippen LogP contribution in [-0.2, 0) is 33.9 Å². The third-order valence-electron chi connectivity index (χ3n) is 13.3. The number of carbonyl (C=O) groups is 4. The average molecular weight is 880 g/mol. The number of ketones is 1. The molecule has 0 radical (unpaired) electrons. The lowest BCUT2D eigenvalue weighted by atomic mass is 9.79. The molecule has 0 spiro atoms. The van der Waals surface area contributed by atoms with Gasteiger partial charge in [0, 0.05) is 29.8 Å². The van der Waals surface area contributed by atoms with Gasteiger partial charge in [0.1, 0.15) is 30.7 Å². The number of alkyl halides is 4. The van der Waals surface area contributed by atoms with Crippen LogP contribution in [0.5, 0.6) is 17.4 Å². The minimum Gasteiger partial charge on any atom is -0.486 e. The molecule has 2 saturated carbocycles. The number of halogens is 4. The van der Waals surface area contributed by atoms with Crippen molar-refractivity contribution in [3.8, 4) is 17.4 Å². The highest BCUT2D eigenvalue weighted by Crippen LogP contribution is 2.58. The topological polar surface area (TPSA) is 168 Å². The molecule has 18 heteroatoms. The predicted molar refractivity (Wildman–Crippen MR) is 213 cm³/mol. The number of rotatable bonds is 10. The fourth-order valence-corrected chi connectivity index (χ4v) is 10.5. The molecule has 5 aliphatic rings. The normalized spacial score (nSPS) is 29.7. The van der Waals surface area contributed by atoms with Gasteiger partial charge in [0.05, 0.1) is 30.3 Å². The molecule has 334 valence electrons. The minimum atomic E-state index is -4.89. The summed E-state index contributed by atoms with van der Waals surface area (Å²) in [6.45, 7) is 4.61. The molecule has 0 bridgehead atoms. The number of allylic oxidation sites excluding steroid dienone is 2. The van der Waals surface area contributed by atoms with E-state index in [-0.39, 0.29) is 44.0 Å². The Balaban J connectivity index is 1.24. The highest BCUT2D eigenvalue weighted by Gasteiger charge is 2.63. The fourth-order valence-electron chi connectivity index (χ4n) is 9.05. The maximum atomic E-state index is 15.0. The summed E-state index contributed by atoms with van der Waals surface area (Å²) in [6.07, 6.45) is 0.416. The summed E-state index contributed by atoms with van der Waals surface area (Å²) in [7, 11) is -4.43. The van der Waals surface area contributed by atoms with Crippen molar-refractivity contribution in [3.05, 3.63) is 36.5 Å². The van der Waals surface area contributed by atoms with Crippen LogP contribution in [-0.4, -0.2) is 97.0 Å². The average Bonchev–Trinajstić information content (AvgIpc) is 4.11. The molecule has 2 aliphatic carbocycles. The number of hydrogen-bond acceptors (Lipinski definition) is 11. The second-order valence-corrected chi connectivity index (χ2v) is 20.0. The van der Waals surface area contributed by atoms with Crippen LogP contribution in [0.2, 0.25) is 0 Å². The third kappa shape index (κ3) is 8.79. The lowest BCUT2D eigenvalue weighted by Gasteiger charge is -2.34. The van der Waals surface area contributed by atoms with E-state index in [0.29, 0.717) is 61.2 Å². The molecule has 2 amide bonds. The SMILES string of the molecule is CC[C@@H]1C[C@@H](C)CC/C=C\[C@@H]2C[C@@]2(C(=O)NS(=O)(=O)C2(CF)CC2)CC(=O)[C@@H]2C[C@@H](Oc3nccc4c5c(ccc34)OCCO5)CN2C(=O)[C@H]1CC(=O)OC(C)(C)C(F)(F)F. The largest absolute Gasteiger partial charge is 0.486 e. The summed E-state index contributed by atoms with van der Waals surface area (Å²) in [5.74, 6) is -4.40. The Labute approximate surface area is 352 Å². The second-order valence-electron chi connectivity index (χ2n) is 18.0. The number of nitrogens with one attached hydrogen (secondary N) is 1. The molecule has 3 aliphatic heterocycles. The van der Waals surface area contributed by atoms with Crippen molar-refractivity contribution in [2.45, 2.75) is 121 Å². The molecule has 2 aromatic rings. The molecule has 7 atom stereocenters. The van der Waals surface area contributed by atoms with Crippen LogP contribution >= 0.6 is 0 Å². The van der Waals surface area contributed by atoms with Gasteiger partial charge in [-0.3, -0.25) is 23.9 Å². The first-order chi connectivity index (χ1) is 28.7. The zero-order chi connectivity index (χ0) is 44.1. The molecule has 0 unspecified atom stereocenters. The number of nitrogens with zero attached hydrogens (tertiary/aromatic N) is 2. The van der Waals surface area contributed by atoms with E-state index in [1.54, 1.807) is 24.3 Å². The Morgan fingerprint density at radius 2 is 1.80 bits per heavy atom. The Kier molecular flexibility index (Phi) is 12.2. The molecule has 61 heavy (non-hydrogen) atoms. The van der Waals surface area contributed by atoms with Gasteiger partial charge in [-0.25, -0.2) is 17.8 Å². The summed E-state index contributed by atoms with van der Waals surface area (Å²) < 4.78 is 105.